The molecule has 198 valence electrons. The number of amides is 2. The number of hydrogen-bond acceptors (Lipinski definition) is 5. The van der Waals surface area contributed by atoms with Crippen molar-refractivity contribution in [3.05, 3.63) is 101 Å². The Morgan fingerprint density at radius 3 is 2.45 bits per heavy atom. The van der Waals surface area contributed by atoms with E-state index in [0.29, 0.717) is 36.6 Å². The van der Waals surface area contributed by atoms with E-state index >= 15 is 0 Å². The van der Waals surface area contributed by atoms with Crippen LogP contribution in [0.1, 0.15) is 39.0 Å². The van der Waals surface area contributed by atoms with Gasteiger partial charge in [0.05, 0.1) is 32.3 Å². The average Bonchev–Trinajstić information content (AvgIpc) is 2.96. The Morgan fingerprint density at radius 1 is 1.03 bits per heavy atom. The molecule has 2 atom stereocenters. The third-order valence-corrected chi connectivity index (χ3v) is 7.28. The average molecular weight is 518 g/mol. The van der Waals surface area contributed by atoms with Crippen LogP contribution in [0.3, 0.4) is 0 Å². The molecule has 1 saturated heterocycles. The molecule has 0 aliphatic carbocycles. The molecule has 3 aromatic rings. The van der Waals surface area contributed by atoms with Crippen molar-refractivity contribution < 1.29 is 23.5 Å². The molecular formula is C30H32FN3O4. The number of methoxy groups -OCH3 is 1. The molecule has 5 rings (SSSR count). The number of carbonyl (C=O) groups is 2. The van der Waals surface area contributed by atoms with Crippen molar-refractivity contribution in [1.82, 2.24) is 15.1 Å². The number of morpholine rings is 1. The number of nitrogens with one attached hydrogen (secondary N) is 1. The SMILES string of the molecule is COc1ccc([C@H]2[C@@H](C(=O)NCCN3CCOCC3)c3ccccc3C(=O)N2Cc2ccc(F)cc2)cc1. The second kappa shape index (κ2) is 11.8. The van der Waals surface area contributed by atoms with E-state index in [2.05, 4.69) is 10.2 Å². The van der Waals surface area contributed by atoms with Gasteiger partial charge >= 0.3 is 0 Å². The zero-order valence-electron chi connectivity index (χ0n) is 21.4. The molecule has 0 aromatic heterocycles. The molecule has 38 heavy (non-hydrogen) atoms. The van der Waals surface area contributed by atoms with E-state index < -0.39 is 12.0 Å². The first kappa shape index (κ1) is 25.9. The highest BCUT2D eigenvalue weighted by Gasteiger charge is 2.44. The first-order chi connectivity index (χ1) is 18.5. The number of benzene rings is 3. The van der Waals surface area contributed by atoms with Crippen molar-refractivity contribution in [2.45, 2.75) is 18.5 Å². The number of hydrogen-bond donors (Lipinski definition) is 1. The van der Waals surface area contributed by atoms with Gasteiger partial charge in [0.1, 0.15) is 11.6 Å². The van der Waals surface area contributed by atoms with Crippen molar-refractivity contribution >= 4 is 11.8 Å². The molecule has 2 heterocycles. The maximum atomic E-state index is 13.9. The third-order valence-electron chi connectivity index (χ3n) is 7.28. The summed E-state index contributed by atoms with van der Waals surface area (Å²) < 4.78 is 24.4. The smallest absolute Gasteiger partial charge is 0.255 e. The quantitative estimate of drug-likeness (QED) is 0.493. The first-order valence-corrected chi connectivity index (χ1v) is 12.9. The van der Waals surface area contributed by atoms with Crippen LogP contribution in [-0.4, -0.2) is 68.1 Å². The number of fused-ring (bicyclic) bond motifs is 1. The fourth-order valence-electron chi connectivity index (χ4n) is 5.28. The summed E-state index contributed by atoms with van der Waals surface area (Å²) in [5.74, 6) is -0.574. The number of carbonyl (C=O) groups excluding carboxylic acids is 2. The molecule has 2 aliphatic heterocycles. The number of nitrogens with zero attached hydrogens (tertiary/aromatic N) is 2. The summed E-state index contributed by atoms with van der Waals surface area (Å²) in [6.07, 6.45) is 0. The van der Waals surface area contributed by atoms with Crippen molar-refractivity contribution in [1.29, 1.82) is 0 Å². The van der Waals surface area contributed by atoms with Crippen LogP contribution < -0.4 is 10.1 Å². The lowest BCUT2D eigenvalue weighted by Crippen LogP contribution is -2.48. The molecule has 0 bridgehead atoms. The lowest BCUT2D eigenvalue weighted by molar-refractivity contribution is -0.124. The molecule has 2 amide bonds. The fourth-order valence-corrected chi connectivity index (χ4v) is 5.28. The molecule has 3 aromatic carbocycles. The normalized spacial score (nSPS) is 19.6. The summed E-state index contributed by atoms with van der Waals surface area (Å²) in [5.41, 5.74) is 2.82. The van der Waals surface area contributed by atoms with E-state index in [4.69, 9.17) is 9.47 Å². The van der Waals surface area contributed by atoms with E-state index in [1.807, 2.05) is 42.5 Å². The van der Waals surface area contributed by atoms with Gasteiger partial charge in [0, 0.05) is 38.3 Å². The minimum atomic E-state index is -0.623. The van der Waals surface area contributed by atoms with Crippen LogP contribution in [0.2, 0.25) is 0 Å². The largest absolute Gasteiger partial charge is 0.497 e. The van der Waals surface area contributed by atoms with E-state index in [1.54, 1.807) is 30.2 Å². The zero-order chi connectivity index (χ0) is 26.5. The fraction of sp³-hybridized carbons (Fsp3) is 0.333. The van der Waals surface area contributed by atoms with Crippen molar-refractivity contribution in [3.8, 4) is 5.75 Å². The maximum Gasteiger partial charge on any atom is 0.255 e. The monoisotopic (exact) mass is 517 g/mol. The molecule has 0 saturated carbocycles. The highest BCUT2D eigenvalue weighted by atomic mass is 19.1. The van der Waals surface area contributed by atoms with E-state index in [1.165, 1.54) is 12.1 Å². The molecule has 0 spiro atoms. The summed E-state index contributed by atoms with van der Waals surface area (Å²) in [6.45, 7) is 4.55. The Balaban J connectivity index is 1.50. The van der Waals surface area contributed by atoms with Gasteiger partial charge in [-0.2, -0.15) is 0 Å². The molecule has 8 heteroatoms. The molecular weight excluding hydrogens is 485 g/mol. The van der Waals surface area contributed by atoms with Gasteiger partial charge in [-0.3, -0.25) is 14.5 Å². The van der Waals surface area contributed by atoms with Crippen molar-refractivity contribution in [3.63, 3.8) is 0 Å². The third kappa shape index (κ3) is 5.56. The number of rotatable bonds is 8. The second-order valence-corrected chi connectivity index (χ2v) is 9.59. The maximum absolute atomic E-state index is 13.9. The molecule has 0 radical (unpaired) electrons. The Bertz CT molecular complexity index is 1260. The van der Waals surface area contributed by atoms with Crippen LogP contribution in [0.5, 0.6) is 5.75 Å². The van der Waals surface area contributed by atoms with Gasteiger partial charge in [-0.1, -0.05) is 42.5 Å². The van der Waals surface area contributed by atoms with Crippen LogP contribution in [0.4, 0.5) is 4.39 Å². The Kier molecular flexibility index (Phi) is 8.00. The first-order valence-electron chi connectivity index (χ1n) is 12.9. The molecule has 1 N–H and O–H groups in total. The zero-order valence-corrected chi connectivity index (χ0v) is 21.4. The predicted molar refractivity (Wildman–Crippen MR) is 141 cm³/mol. The Morgan fingerprint density at radius 2 is 1.74 bits per heavy atom. The van der Waals surface area contributed by atoms with Crippen LogP contribution in [0.25, 0.3) is 0 Å². The minimum absolute atomic E-state index is 0.136. The summed E-state index contributed by atoms with van der Waals surface area (Å²) in [5, 5.41) is 3.14. The number of halogens is 1. The van der Waals surface area contributed by atoms with Gasteiger partial charge in [0.25, 0.3) is 5.91 Å². The van der Waals surface area contributed by atoms with Crippen LogP contribution >= 0.6 is 0 Å². The topological polar surface area (TPSA) is 71.1 Å². The van der Waals surface area contributed by atoms with E-state index in [0.717, 1.165) is 30.8 Å². The van der Waals surface area contributed by atoms with Crippen LogP contribution in [0.15, 0.2) is 72.8 Å². The predicted octanol–water partition coefficient (Wildman–Crippen LogP) is 3.76. The van der Waals surface area contributed by atoms with E-state index in [-0.39, 0.29) is 24.2 Å². The minimum Gasteiger partial charge on any atom is -0.497 e. The van der Waals surface area contributed by atoms with Gasteiger partial charge in [0.15, 0.2) is 0 Å². The summed E-state index contributed by atoms with van der Waals surface area (Å²) in [4.78, 5) is 31.7. The van der Waals surface area contributed by atoms with Crippen molar-refractivity contribution in [2.75, 3.05) is 46.5 Å². The lowest BCUT2D eigenvalue weighted by atomic mass is 9.79. The molecule has 1 fully saturated rings. The van der Waals surface area contributed by atoms with Crippen LogP contribution in [0, 0.1) is 5.82 Å². The molecule has 7 nitrogen and oxygen atoms in total. The van der Waals surface area contributed by atoms with Gasteiger partial charge in [-0.05, 0) is 47.0 Å². The summed E-state index contributed by atoms with van der Waals surface area (Å²) in [7, 11) is 1.60. The highest BCUT2D eigenvalue weighted by molar-refractivity contribution is 6.01. The summed E-state index contributed by atoms with van der Waals surface area (Å²) >= 11 is 0. The molecule has 0 unspecified atom stereocenters. The Labute approximate surface area is 222 Å². The van der Waals surface area contributed by atoms with Crippen LogP contribution in [-0.2, 0) is 16.1 Å². The van der Waals surface area contributed by atoms with Gasteiger partial charge in [0.2, 0.25) is 5.91 Å². The number of ether oxygens (including phenoxy) is 2. The van der Waals surface area contributed by atoms with E-state index in [9.17, 15) is 14.0 Å². The molecule has 2 aliphatic rings. The van der Waals surface area contributed by atoms with Gasteiger partial charge < -0.3 is 19.7 Å². The summed E-state index contributed by atoms with van der Waals surface area (Å²) in [6, 6.07) is 20.3. The Hall–Kier alpha value is -3.75. The van der Waals surface area contributed by atoms with Gasteiger partial charge in [-0.25, -0.2) is 4.39 Å². The standard InChI is InChI=1S/C30H32FN3O4/c1-37-24-12-8-22(9-13-24)28-27(29(35)32-14-15-33-16-18-38-19-17-33)25-4-2-3-5-26(25)30(36)34(28)20-21-6-10-23(31)11-7-21/h2-13,27-28H,14-20H2,1H3,(H,32,35)/t27-,28-/m0/s1. The lowest BCUT2D eigenvalue weighted by Gasteiger charge is -2.42. The van der Waals surface area contributed by atoms with Crippen molar-refractivity contribution in [2.24, 2.45) is 0 Å². The second-order valence-electron chi connectivity index (χ2n) is 9.59. The highest BCUT2D eigenvalue weighted by Crippen LogP contribution is 2.44. The van der Waals surface area contributed by atoms with Gasteiger partial charge in [-0.15, -0.1) is 0 Å².